The Hall–Kier alpha value is -3.27. The second-order valence-electron chi connectivity index (χ2n) is 5.47. The van der Waals surface area contributed by atoms with Gasteiger partial charge in [-0.25, -0.2) is 0 Å². The number of nitrogen functional groups attached to an aromatic ring is 1. The minimum absolute atomic E-state index is 0.267. The number of aromatic hydroxyl groups is 1. The fourth-order valence-corrected chi connectivity index (χ4v) is 2.78. The lowest BCUT2D eigenvalue weighted by Crippen LogP contribution is -1.85. The molecule has 0 aliphatic carbocycles. The Morgan fingerprint density at radius 1 is 0.826 bits per heavy atom. The van der Waals surface area contributed by atoms with Gasteiger partial charge >= 0.3 is 0 Å². The molecule has 0 saturated carbocycles. The highest BCUT2D eigenvalue weighted by atomic mass is 16.3. The van der Waals surface area contributed by atoms with Gasteiger partial charge in [0.05, 0.1) is 5.52 Å². The third-order valence-electron chi connectivity index (χ3n) is 4.01. The zero-order valence-corrected chi connectivity index (χ0v) is 12.3. The number of benzene rings is 3. The van der Waals surface area contributed by atoms with Crippen LogP contribution in [0, 0.1) is 0 Å². The Kier molecular flexibility index (Phi) is 3.01. The number of anilines is 1. The molecule has 1 heterocycles. The van der Waals surface area contributed by atoms with Crippen molar-refractivity contribution in [1.82, 2.24) is 10.2 Å². The van der Waals surface area contributed by atoms with Crippen LogP contribution in [-0.2, 0) is 0 Å². The number of aromatic amines is 1. The SMILES string of the molecule is Nc1n[nH]c2ccc(-c3ccc(O)c(-c4ccccc4)c3)cc12. The van der Waals surface area contributed by atoms with Gasteiger partial charge in [0.15, 0.2) is 5.82 Å². The second kappa shape index (κ2) is 5.18. The van der Waals surface area contributed by atoms with E-state index in [0.717, 1.165) is 33.2 Å². The molecule has 112 valence electrons. The summed E-state index contributed by atoms with van der Waals surface area (Å²) < 4.78 is 0. The number of aromatic nitrogens is 2. The normalized spacial score (nSPS) is 11.0. The zero-order chi connectivity index (χ0) is 15.8. The van der Waals surface area contributed by atoms with Gasteiger partial charge in [-0.3, -0.25) is 5.10 Å². The van der Waals surface area contributed by atoms with Crippen molar-refractivity contribution in [3.8, 4) is 28.0 Å². The number of phenols is 1. The van der Waals surface area contributed by atoms with Gasteiger partial charge in [-0.05, 0) is 41.0 Å². The van der Waals surface area contributed by atoms with E-state index in [2.05, 4.69) is 10.2 Å². The molecule has 0 radical (unpaired) electrons. The van der Waals surface area contributed by atoms with Gasteiger partial charge in [-0.2, -0.15) is 5.10 Å². The second-order valence-corrected chi connectivity index (χ2v) is 5.47. The molecule has 0 fully saturated rings. The number of H-pyrrole nitrogens is 1. The third kappa shape index (κ3) is 2.30. The monoisotopic (exact) mass is 301 g/mol. The first-order valence-corrected chi connectivity index (χ1v) is 7.35. The summed E-state index contributed by atoms with van der Waals surface area (Å²) in [6.07, 6.45) is 0. The first-order chi connectivity index (χ1) is 11.2. The predicted octanol–water partition coefficient (Wildman–Crippen LogP) is 4.18. The van der Waals surface area contributed by atoms with Gasteiger partial charge in [0.2, 0.25) is 0 Å². The Balaban J connectivity index is 1.86. The molecule has 0 atom stereocenters. The number of fused-ring (bicyclic) bond motifs is 1. The maximum Gasteiger partial charge on any atom is 0.153 e. The lowest BCUT2D eigenvalue weighted by Gasteiger charge is -2.09. The molecule has 0 unspecified atom stereocenters. The van der Waals surface area contributed by atoms with Crippen LogP contribution in [0.15, 0.2) is 66.7 Å². The first kappa shape index (κ1) is 13.4. The standard InChI is InChI=1S/C19H15N3O/c20-19-16-11-13(6-8-17(16)21-22-19)14-7-9-18(23)15(10-14)12-4-2-1-3-5-12/h1-11,23H,(H3,20,21,22). The molecule has 23 heavy (non-hydrogen) atoms. The summed E-state index contributed by atoms with van der Waals surface area (Å²) in [7, 11) is 0. The fraction of sp³-hybridized carbons (Fsp3) is 0. The minimum atomic E-state index is 0.267. The van der Waals surface area contributed by atoms with Crippen molar-refractivity contribution in [1.29, 1.82) is 0 Å². The van der Waals surface area contributed by atoms with Crippen LogP contribution in [0.1, 0.15) is 0 Å². The van der Waals surface area contributed by atoms with Gasteiger partial charge in [0.1, 0.15) is 5.75 Å². The molecule has 1 aromatic heterocycles. The van der Waals surface area contributed by atoms with Gasteiger partial charge in [0, 0.05) is 10.9 Å². The molecule has 3 aromatic carbocycles. The Bertz CT molecular complexity index is 990. The summed E-state index contributed by atoms with van der Waals surface area (Å²) >= 11 is 0. The Morgan fingerprint density at radius 3 is 2.39 bits per heavy atom. The van der Waals surface area contributed by atoms with Gasteiger partial charge in [-0.1, -0.05) is 42.5 Å². The molecule has 0 aliphatic rings. The molecular weight excluding hydrogens is 286 g/mol. The van der Waals surface area contributed by atoms with Crippen molar-refractivity contribution in [3.63, 3.8) is 0 Å². The summed E-state index contributed by atoms with van der Waals surface area (Å²) in [5, 5.41) is 18.0. The average molecular weight is 301 g/mol. The van der Waals surface area contributed by atoms with E-state index in [0.29, 0.717) is 5.82 Å². The number of hydrogen-bond acceptors (Lipinski definition) is 3. The van der Waals surface area contributed by atoms with Crippen LogP contribution >= 0.6 is 0 Å². The summed E-state index contributed by atoms with van der Waals surface area (Å²) in [6.45, 7) is 0. The van der Waals surface area contributed by atoms with E-state index in [-0.39, 0.29) is 5.75 Å². The van der Waals surface area contributed by atoms with Crippen molar-refractivity contribution in [2.45, 2.75) is 0 Å². The predicted molar refractivity (Wildman–Crippen MR) is 93.0 cm³/mol. The molecule has 4 rings (SSSR count). The molecule has 0 spiro atoms. The number of nitrogens with one attached hydrogen (secondary N) is 1. The summed E-state index contributed by atoms with van der Waals surface area (Å²) in [5.41, 5.74) is 10.6. The molecule has 4 heteroatoms. The molecule has 0 bridgehead atoms. The molecule has 0 saturated heterocycles. The van der Waals surface area contributed by atoms with Crippen molar-refractivity contribution in [2.75, 3.05) is 5.73 Å². The molecular formula is C19H15N3O. The van der Waals surface area contributed by atoms with Crippen LogP contribution in [-0.4, -0.2) is 15.3 Å². The zero-order valence-electron chi connectivity index (χ0n) is 12.3. The molecule has 0 aliphatic heterocycles. The van der Waals surface area contributed by atoms with Gasteiger partial charge < -0.3 is 10.8 Å². The topological polar surface area (TPSA) is 74.9 Å². The Morgan fingerprint density at radius 2 is 1.57 bits per heavy atom. The average Bonchev–Trinajstić information content (AvgIpc) is 2.97. The van der Waals surface area contributed by atoms with E-state index in [1.54, 1.807) is 6.07 Å². The maximum absolute atomic E-state index is 10.2. The van der Waals surface area contributed by atoms with E-state index in [4.69, 9.17) is 5.73 Å². The molecule has 0 amide bonds. The van der Waals surface area contributed by atoms with Crippen LogP contribution < -0.4 is 5.73 Å². The van der Waals surface area contributed by atoms with E-state index in [1.165, 1.54) is 0 Å². The van der Waals surface area contributed by atoms with Crippen LogP contribution in [0.4, 0.5) is 5.82 Å². The maximum atomic E-state index is 10.2. The third-order valence-corrected chi connectivity index (χ3v) is 4.01. The van der Waals surface area contributed by atoms with Crippen molar-refractivity contribution < 1.29 is 5.11 Å². The van der Waals surface area contributed by atoms with Crippen LogP contribution in [0.5, 0.6) is 5.75 Å². The highest BCUT2D eigenvalue weighted by Crippen LogP contribution is 2.34. The number of nitrogens with two attached hydrogens (primary N) is 1. The number of hydrogen-bond donors (Lipinski definition) is 3. The van der Waals surface area contributed by atoms with Crippen LogP contribution in [0.2, 0.25) is 0 Å². The quantitative estimate of drug-likeness (QED) is 0.520. The first-order valence-electron chi connectivity index (χ1n) is 7.35. The number of rotatable bonds is 2. The molecule has 4 aromatic rings. The Labute approximate surface area is 133 Å². The van der Waals surface area contributed by atoms with Gasteiger partial charge in [0.25, 0.3) is 0 Å². The van der Waals surface area contributed by atoms with Crippen LogP contribution in [0.3, 0.4) is 0 Å². The summed E-state index contributed by atoms with van der Waals surface area (Å²) in [6, 6.07) is 21.4. The smallest absolute Gasteiger partial charge is 0.153 e. The van der Waals surface area contributed by atoms with E-state index in [9.17, 15) is 5.11 Å². The summed E-state index contributed by atoms with van der Waals surface area (Å²) in [4.78, 5) is 0. The van der Waals surface area contributed by atoms with Crippen molar-refractivity contribution in [3.05, 3.63) is 66.7 Å². The highest BCUT2D eigenvalue weighted by molar-refractivity contribution is 5.92. The van der Waals surface area contributed by atoms with Crippen LogP contribution in [0.25, 0.3) is 33.2 Å². The van der Waals surface area contributed by atoms with E-state index in [1.807, 2.05) is 60.7 Å². The van der Waals surface area contributed by atoms with E-state index < -0.39 is 0 Å². The summed E-state index contributed by atoms with van der Waals surface area (Å²) in [5.74, 6) is 0.757. The minimum Gasteiger partial charge on any atom is -0.507 e. The lowest BCUT2D eigenvalue weighted by molar-refractivity contribution is 0.477. The highest BCUT2D eigenvalue weighted by Gasteiger charge is 2.09. The molecule has 4 N–H and O–H groups in total. The molecule has 4 nitrogen and oxygen atoms in total. The fourth-order valence-electron chi connectivity index (χ4n) is 2.78. The largest absolute Gasteiger partial charge is 0.507 e. The lowest BCUT2D eigenvalue weighted by atomic mass is 9.97. The van der Waals surface area contributed by atoms with E-state index >= 15 is 0 Å². The van der Waals surface area contributed by atoms with Gasteiger partial charge in [-0.15, -0.1) is 0 Å². The number of nitrogens with zero attached hydrogens (tertiary/aromatic N) is 1. The van der Waals surface area contributed by atoms with Crippen molar-refractivity contribution >= 4 is 16.7 Å². The number of phenolic OH excluding ortho intramolecular Hbond substituents is 1. The van der Waals surface area contributed by atoms with Crippen molar-refractivity contribution in [2.24, 2.45) is 0 Å².